The molecule has 0 spiro atoms. The molecule has 0 bridgehead atoms. The Labute approximate surface area is 114 Å². The summed E-state index contributed by atoms with van der Waals surface area (Å²) in [6.07, 6.45) is 3.15. The molecule has 3 nitrogen and oxygen atoms in total. The summed E-state index contributed by atoms with van der Waals surface area (Å²) >= 11 is 0. The number of pyridine rings is 1. The molecule has 0 saturated carbocycles. The highest BCUT2D eigenvalue weighted by Gasteiger charge is 2.23. The van der Waals surface area contributed by atoms with E-state index in [9.17, 15) is 0 Å². The summed E-state index contributed by atoms with van der Waals surface area (Å²) in [7, 11) is 0. The van der Waals surface area contributed by atoms with Crippen LogP contribution < -0.4 is 10.6 Å². The minimum Gasteiger partial charge on any atom is -0.370 e. The van der Waals surface area contributed by atoms with Crippen molar-refractivity contribution < 1.29 is 0 Å². The summed E-state index contributed by atoms with van der Waals surface area (Å²) in [6, 6.07) is 14.9. The van der Waals surface area contributed by atoms with Crippen LogP contribution in [0.4, 0.5) is 5.69 Å². The first-order valence-electron chi connectivity index (χ1n) is 6.81. The van der Waals surface area contributed by atoms with E-state index in [0.717, 1.165) is 18.8 Å². The lowest BCUT2D eigenvalue weighted by Gasteiger charge is -2.18. The van der Waals surface area contributed by atoms with Crippen molar-refractivity contribution in [2.45, 2.75) is 18.9 Å². The third-order valence-electron chi connectivity index (χ3n) is 3.84. The van der Waals surface area contributed by atoms with Crippen molar-refractivity contribution in [3.05, 3.63) is 59.9 Å². The molecular weight excluding hydrogens is 234 g/mol. The normalized spacial score (nSPS) is 18.8. The second-order valence-corrected chi connectivity index (χ2v) is 5.05. The van der Waals surface area contributed by atoms with E-state index in [0.29, 0.717) is 12.5 Å². The zero-order valence-electron chi connectivity index (χ0n) is 11.0. The Hall–Kier alpha value is -1.87. The Morgan fingerprint density at radius 3 is 2.68 bits per heavy atom. The highest BCUT2D eigenvalue weighted by molar-refractivity contribution is 5.46. The topological polar surface area (TPSA) is 42.1 Å². The number of benzene rings is 1. The quantitative estimate of drug-likeness (QED) is 0.914. The van der Waals surface area contributed by atoms with Crippen LogP contribution >= 0.6 is 0 Å². The number of aromatic nitrogens is 1. The van der Waals surface area contributed by atoms with Gasteiger partial charge >= 0.3 is 0 Å². The Morgan fingerprint density at radius 1 is 1.16 bits per heavy atom. The summed E-state index contributed by atoms with van der Waals surface area (Å²) in [6.45, 7) is 2.68. The van der Waals surface area contributed by atoms with Gasteiger partial charge in [0.2, 0.25) is 0 Å². The summed E-state index contributed by atoms with van der Waals surface area (Å²) in [5, 5.41) is 0. The van der Waals surface area contributed by atoms with Crippen molar-refractivity contribution in [1.82, 2.24) is 4.98 Å². The maximum atomic E-state index is 5.58. The van der Waals surface area contributed by atoms with Crippen molar-refractivity contribution in [1.29, 1.82) is 0 Å². The molecule has 3 rings (SSSR count). The number of rotatable bonds is 3. The van der Waals surface area contributed by atoms with Crippen molar-refractivity contribution >= 4 is 5.69 Å². The molecule has 1 aliphatic heterocycles. The van der Waals surface area contributed by atoms with E-state index in [1.807, 2.05) is 12.3 Å². The second kappa shape index (κ2) is 5.41. The first-order chi connectivity index (χ1) is 9.36. The fourth-order valence-corrected chi connectivity index (χ4v) is 2.72. The SMILES string of the molecule is NCc1ccc(N2CCC(c3ccccc3)C2)cn1. The number of anilines is 1. The lowest BCUT2D eigenvalue weighted by atomic mass is 9.99. The predicted octanol–water partition coefficient (Wildman–Crippen LogP) is 2.53. The molecule has 98 valence electrons. The zero-order chi connectivity index (χ0) is 13.1. The van der Waals surface area contributed by atoms with Gasteiger partial charge in [-0.05, 0) is 24.1 Å². The molecule has 2 aromatic rings. The molecule has 0 aliphatic carbocycles. The van der Waals surface area contributed by atoms with Gasteiger partial charge in [-0.25, -0.2) is 0 Å². The summed E-state index contributed by atoms with van der Waals surface area (Å²) in [4.78, 5) is 6.78. The van der Waals surface area contributed by atoms with E-state index in [1.54, 1.807) is 0 Å². The first-order valence-corrected chi connectivity index (χ1v) is 6.81. The molecule has 3 heteroatoms. The van der Waals surface area contributed by atoms with Crippen molar-refractivity contribution in [3.8, 4) is 0 Å². The smallest absolute Gasteiger partial charge is 0.0553 e. The first kappa shape index (κ1) is 12.2. The zero-order valence-corrected chi connectivity index (χ0v) is 11.0. The number of hydrogen-bond donors (Lipinski definition) is 1. The van der Waals surface area contributed by atoms with Crippen LogP contribution in [0.25, 0.3) is 0 Å². The molecule has 19 heavy (non-hydrogen) atoms. The highest BCUT2D eigenvalue weighted by atomic mass is 15.2. The number of nitrogens with zero attached hydrogens (tertiary/aromatic N) is 2. The molecule has 0 amide bonds. The van der Waals surface area contributed by atoms with Crippen molar-refractivity contribution in [3.63, 3.8) is 0 Å². The third-order valence-corrected chi connectivity index (χ3v) is 3.84. The Balaban J connectivity index is 1.71. The van der Waals surface area contributed by atoms with E-state index in [-0.39, 0.29) is 0 Å². The molecule has 0 radical (unpaired) electrons. The van der Waals surface area contributed by atoms with E-state index < -0.39 is 0 Å². The fourth-order valence-electron chi connectivity index (χ4n) is 2.72. The molecule has 1 aliphatic rings. The molecular formula is C16H19N3. The molecule has 1 aromatic heterocycles. The van der Waals surface area contributed by atoms with Crippen LogP contribution in [-0.2, 0) is 6.54 Å². The van der Waals surface area contributed by atoms with Gasteiger partial charge in [-0.15, -0.1) is 0 Å². The van der Waals surface area contributed by atoms with Crippen LogP contribution in [0.1, 0.15) is 23.6 Å². The van der Waals surface area contributed by atoms with Gasteiger partial charge in [0.05, 0.1) is 17.6 Å². The van der Waals surface area contributed by atoms with Gasteiger partial charge in [-0.1, -0.05) is 30.3 Å². The van der Waals surface area contributed by atoms with Crippen LogP contribution in [0.5, 0.6) is 0 Å². The minimum atomic E-state index is 0.507. The average Bonchev–Trinajstić information content (AvgIpc) is 2.98. The van der Waals surface area contributed by atoms with Crippen molar-refractivity contribution in [2.24, 2.45) is 5.73 Å². The van der Waals surface area contributed by atoms with Gasteiger partial charge in [0.15, 0.2) is 0 Å². The van der Waals surface area contributed by atoms with E-state index >= 15 is 0 Å². The second-order valence-electron chi connectivity index (χ2n) is 5.05. The molecule has 1 aromatic carbocycles. The number of nitrogens with two attached hydrogens (primary N) is 1. The average molecular weight is 253 g/mol. The van der Waals surface area contributed by atoms with Gasteiger partial charge in [-0.2, -0.15) is 0 Å². The summed E-state index contributed by atoms with van der Waals surface area (Å²) in [5.41, 5.74) is 9.17. The summed E-state index contributed by atoms with van der Waals surface area (Å²) in [5.74, 6) is 0.635. The fraction of sp³-hybridized carbons (Fsp3) is 0.312. The van der Waals surface area contributed by atoms with Crippen LogP contribution in [0.2, 0.25) is 0 Å². The van der Waals surface area contributed by atoms with Gasteiger partial charge in [0.25, 0.3) is 0 Å². The molecule has 1 saturated heterocycles. The van der Waals surface area contributed by atoms with Crippen molar-refractivity contribution in [2.75, 3.05) is 18.0 Å². The highest BCUT2D eigenvalue weighted by Crippen LogP contribution is 2.30. The van der Waals surface area contributed by atoms with Gasteiger partial charge in [0, 0.05) is 25.6 Å². The van der Waals surface area contributed by atoms with Crippen LogP contribution in [-0.4, -0.2) is 18.1 Å². The van der Waals surface area contributed by atoms with E-state index in [1.165, 1.54) is 17.7 Å². The van der Waals surface area contributed by atoms with E-state index in [4.69, 9.17) is 5.73 Å². The summed E-state index contributed by atoms with van der Waals surface area (Å²) < 4.78 is 0. The van der Waals surface area contributed by atoms with Gasteiger partial charge < -0.3 is 10.6 Å². The molecule has 2 N–H and O–H groups in total. The molecule has 2 heterocycles. The maximum Gasteiger partial charge on any atom is 0.0553 e. The molecule has 1 atom stereocenters. The Morgan fingerprint density at radius 2 is 2.00 bits per heavy atom. The molecule has 1 fully saturated rings. The number of hydrogen-bond acceptors (Lipinski definition) is 3. The minimum absolute atomic E-state index is 0.507. The Bertz CT molecular complexity index is 521. The lowest BCUT2D eigenvalue weighted by Crippen LogP contribution is -2.19. The van der Waals surface area contributed by atoms with E-state index in [2.05, 4.69) is 46.3 Å². The molecule has 1 unspecified atom stereocenters. The van der Waals surface area contributed by atoms with Gasteiger partial charge in [-0.3, -0.25) is 4.98 Å². The monoisotopic (exact) mass is 253 g/mol. The van der Waals surface area contributed by atoms with Crippen LogP contribution in [0.15, 0.2) is 48.7 Å². The Kier molecular flexibility index (Phi) is 3.47. The largest absolute Gasteiger partial charge is 0.370 e. The van der Waals surface area contributed by atoms with Gasteiger partial charge in [0.1, 0.15) is 0 Å². The predicted molar refractivity (Wildman–Crippen MR) is 78.1 cm³/mol. The maximum absolute atomic E-state index is 5.58. The van der Waals surface area contributed by atoms with Crippen LogP contribution in [0.3, 0.4) is 0 Å². The van der Waals surface area contributed by atoms with Crippen LogP contribution in [0, 0.1) is 0 Å². The standard InChI is InChI=1S/C16H19N3/c17-10-15-6-7-16(11-18-15)19-9-8-14(12-19)13-4-2-1-3-5-13/h1-7,11,14H,8-10,12,17H2. The lowest BCUT2D eigenvalue weighted by molar-refractivity contribution is 0.775. The third kappa shape index (κ3) is 2.61.